The fraction of sp³-hybridized carbons (Fsp3) is 0.111. The van der Waals surface area contributed by atoms with E-state index in [1.165, 1.54) is 17.0 Å². The highest BCUT2D eigenvalue weighted by Gasteiger charge is 2.10. The third-order valence-electron chi connectivity index (χ3n) is 3.72. The summed E-state index contributed by atoms with van der Waals surface area (Å²) in [6, 6.07) is 17.1. The largest absolute Gasteiger partial charge is 0.326 e. The zero-order valence-corrected chi connectivity index (χ0v) is 11.4. The summed E-state index contributed by atoms with van der Waals surface area (Å²) in [7, 11) is 0. The molecule has 3 aromatic carbocycles. The van der Waals surface area contributed by atoms with Crippen LogP contribution in [0.1, 0.15) is 11.1 Å². The predicted octanol–water partition coefficient (Wildman–Crippen LogP) is 4.41. The SMILES string of the molecule is Cc1ccc(-c2cc(F)ccc2CN)c2ccccc12. The van der Waals surface area contributed by atoms with Crippen molar-refractivity contribution in [2.75, 3.05) is 0 Å². The number of benzene rings is 3. The van der Waals surface area contributed by atoms with E-state index in [9.17, 15) is 4.39 Å². The summed E-state index contributed by atoms with van der Waals surface area (Å²) in [6.07, 6.45) is 0. The Bertz CT molecular complexity index is 777. The second kappa shape index (κ2) is 5.06. The maximum atomic E-state index is 13.6. The standard InChI is InChI=1S/C18H16FN/c1-12-6-9-17(16-5-3-2-4-15(12)16)18-10-14(19)8-7-13(18)11-20/h2-10H,11,20H2,1H3. The van der Waals surface area contributed by atoms with Crippen molar-refractivity contribution < 1.29 is 4.39 Å². The molecule has 3 aromatic rings. The fourth-order valence-corrected chi connectivity index (χ4v) is 2.66. The number of rotatable bonds is 2. The van der Waals surface area contributed by atoms with Crippen LogP contribution in [-0.2, 0) is 6.54 Å². The van der Waals surface area contributed by atoms with Crippen molar-refractivity contribution in [1.29, 1.82) is 0 Å². The number of hydrogen-bond acceptors (Lipinski definition) is 1. The van der Waals surface area contributed by atoms with E-state index >= 15 is 0 Å². The highest BCUT2D eigenvalue weighted by molar-refractivity contribution is 5.99. The molecule has 0 spiro atoms. The van der Waals surface area contributed by atoms with Crippen molar-refractivity contribution in [2.45, 2.75) is 13.5 Å². The number of halogens is 1. The third kappa shape index (κ3) is 2.08. The molecule has 0 amide bonds. The molecule has 0 aliphatic rings. The maximum Gasteiger partial charge on any atom is 0.123 e. The van der Waals surface area contributed by atoms with Crippen LogP contribution in [0.5, 0.6) is 0 Å². The van der Waals surface area contributed by atoms with E-state index < -0.39 is 0 Å². The average molecular weight is 265 g/mol. The monoisotopic (exact) mass is 265 g/mol. The first kappa shape index (κ1) is 12.8. The summed E-state index contributed by atoms with van der Waals surface area (Å²) in [4.78, 5) is 0. The van der Waals surface area contributed by atoms with Gasteiger partial charge in [0.1, 0.15) is 5.82 Å². The van der Waals surface area contributed by atoms with Crippen molar-refractivity contribution in [3.8, 4) is 11.1 Å². The van der Waals surface area contributed by atoms with Crippen LogP contribution in [0, 0.1) is 12.7 Å². The predicted molar refractivity (Wildman–Crippen MR) is 82.0 cm³/mol. The molecule has 1 nitrogen and oxygen atoms in total. The molecule has 0 aliphatic carbocycles. The first-order chi connectivity index (χ1) is 9.70. The molecular weight excluding hydrogens is 249 g/mol. The minimum Gasteiger partial charge on any atom is -0.326 e. The summed E-state index contributed by atoms with van der Waals surface area (Å²) >= 11 is 0. The lowest BCUT2D eigenvalue weighted by Gasteiger charge is -2.13. The minimum atomic E-state index is -0.234. The van der Waals surface area contributed by atoms with Crippen LogP contribution in [0.3, 0.4) is 0 Å². The quantitative estimate of drug-likeness (QED) is 0.729. The van der Waals surface area contributed by atoms with Gasteiger partial charge in [-0.15, -0.1) is 0 Å². The Morgan fingerprint density at radius 3 is 2.40 bits per heavy atom. The first-order valence-corrected chi connectivity index (χ1v) is 6.68. The Hall–Kier alpha value is -2.19. The molecule has 0 aliphatic heterocycles. The van der Waals surface area contributed by atoms with Gasteiger partial charge in [-0.1, -0.05) is 42.5 Å². The molecule has 20 heavy (non-hydrogen) atoms. The van der Waals surface area contributed by atoms with Crippen LogP contribution in [-0.4, -0.2) is 0 Å². The zero-order valence-electron chi connectivity index (χ0n) is 11.4. The van der Waals surface area contributed by atoms with Crippen molar-refractivity contribution in [1.82, 2.24) is 0 Å². The summed E-state index contributed by atoms with van der Waals surface area (Å²) in [5.41, 5.74) is 9.88. The van der Waals surface area contributed by atoms with E-state index in [0.29, 0.717) is 6.54 Å². The topological polar surface area (TPSA) is 26.0 Å². The summed E-state index contributed by atoms with van der Waals surface area (Å²) in [5.74, 6) is -0.234. The van der Waals surface area contributed by atoms with Gasteiger partial charge in [-0.2, -0.15) is 0 Å². The smallest absolute Gasteiger partial charge is 0.123 e. The van der Waals surface area contributed by atoms with Crippen molar-refractivity contribution in [3.63, 3.8) is 0 Å². The van der Waals surface area contributed by atoms with Crippen molar-refractivity contribution in [2.24, 2.45) is 5.73 Å². The van der Waals surface area contributed by atoms with E-state index in [-0.39, 0.29) is 5.82 Å². The van der Waals surface area contributed by atoms with Gasteiger partial charge in [-0.05, 0) is 52.1 Å². The molecular formula is C18H16FN. The van der Waals surface area contributed by atoms with E-state index in [2.05, 4.69) is 25.1 Å². The Morgan fingerprint density at radius 2 is 1.65 bits per heavy atom. The number of fused-ring (bicyclic) bond motifs is 1. The molecule has 3 rings (SSSR count). The van der Waals surface area contributed by atoms with Crippen molar-refractivity contribution >= 4 is 10.8 Å². The maximum absolute atomic E-state index is 13.6. The van der Waals surface area contributed by atoms with Gasteiger partial charge < -0.3 is 5.73 Å². The lowest BCUT2D eigenvalue weighted by atomic mass is 9.92. The Balaban J connectivity index is 2.36. The average Bonchev–Trinajstić information content (AvgIpc) is 2.48. The third-order valence-corrected chi connectivity index (χ3v) is 3.72. The molecule has 0 fully saturated rings. The molecule has 0 saturated heterocycles. The van der Waals surface area contributed by atoms with Gasteiger partial charge in [0.25, 0.3) is 0 Å². The van der Waals surface area contributed by atoms with Gasteiger partial charge in [-0.25, -0.2) is 4.39 Å². The van der Waals surface area contributed by atoms with Gasteiger partial charge in [0.2, 0.25) is 0 Å². The summed E-state index contributed by atoms with van der Waals surface area (Å²) in [6.45, 7) is 2.49. The molecule has 0 atom stereocenters. The Kier molecular flexibility index (Phi) is 3.25. The van der Waals surface area contributed by atoms with Gasteiger partial charge in [0, 0.05) is 6.54 Å². The van der Waals surface area contributed by atoms with Gasteiger partial charge in [-0.3, -0.25) is 0 Å². The molecule has 0 saturated carbocycles. The van der Waals surface area contributed by atoms with Gasteiger partial charge >= 0.3 is 0 Å². The Labute approximate surface area is 117 Å². The lowest BCUT2D eigenvalue weighted by Crippen LogP contribution is -2.00. The van der Waals surface area contributed by atoms with Crippen LogP contribution in [0.4, 0.5) is 4.39 Å². The molecule has 2 heteroatoms. The second-order valence-electron chi connectivity index (χ2n) is 4.98. The van der Waals surface area contributed by atoms with E-state index in [0.717, 1.165) is 22.1 Å². The molecule has 0 radical (unpaired) electrons. The zero-order chi connectivity index (χ0) is 14.1. The first-order valence-electron chi connectivity index (χ1n) is 6.68. The van der Waals surface area contributed by atoms with Crippen LogP contribution >= 0.6 is 0 Å². The highest BCUT2D eigenvalue weighted by atomic mass is 19.1. The molecule has 0 heterocycles. The number of nitrogens with two attached hydrogens (primary N) is 1. The van der Waals surface area contributed by atoms with Gasteiger partial charge in [0.05, 0.1) is 0 Å². The lowest BCUT2D eigenvalue weighted by molar-refractivity contribution is 0.627. The second-order valence-corrected chi connectivity index (χ2v) is 4.98. The van der Waals surface area contributed by atoms with Crippen LogP contribution in [0.2, 0.25) is 0 Å². The summed E-state index contributed by atoms with van der Waals surface area (Å²) in [5, 5.41) is 2.32. The molecule has 0 aromatic heterocycles. The van der Waals surface area contributed by atoms with Crippen LogP contribution in [0.25, 0.3) is 21.9 Å². The number of hydrogen-bond donors (Lipinski definition) is 1. The normalized spacial score (nSPS) is 10.9. The molecule has 2 N–H and O–H groups in total. The molecule has 0 bridgehead atoms. The van der Waals surface area contributed by atoms with Crippen LogP contribution < -0.4 is 5.73 Å². The minimum absolute atomic E-state index is 0.234. The van der Waals surface area contributed by atoms with Crippen molar-refractivity contribution in [3.05, 3.63) is 71.5 Å². The fourth-order valence-electron chi connectivity index (χ4n) is 2.66. The molecule has 100 valence electrons. The Morgan fingerprint density at radius 1 is 0.900 bits per heavy atom. The van der Waals surface area contributed by atoms with E-state index in [1.54, 1.807) is 12.1 Å². The van der Waals surface area contributed by atoms with Gasteiger partial charge in [0.15, 0.2) is 0 Å². The van der Waals surface area contributed by atoms with E-state index in [1.807, 2.05) is 18.2 Å². The van der Waals surface area contributed by atoms with E-state index in [4.69, 9.17) is 5.73 Å². The number of aryl methyl sites for hydroxylation is 1. The summed E-state index contributed by atoms with van der Waals surface area (Å²) < 4.78 is 13.6. The molecule has 0 unspecified atom stereocenters. The van der Waals surface area contributed by atoms with Crippen LogP contribution in [0.15, 0.2) is 54.6 Å². The highest BCUT2D eigenvalue weighted by Crippen LogP contribution is 2.33.